The number of hydrogen-bond donors (Lipinski definition) is 2. The summed E-state index contributed by atoms with van der Waals surface area (Å²) in [5.41, 5.74) is 9.07. The van der Waals surface area contributed by atoms with Gasteiger partial charge in [0.2, 0.25) is 11.9 Å². The van der Waals surface area contributed by atoms with Crippen molar-refractivity contribution >= 4 is 23.6 Å². The summed E-state index contributed by atoms with van der Waals surface area (Å²) in [6.07, 6.45) is 3.86. The van der Waals surface area contributed by atoms with Gasteiger partial charge in [0, 0.05) is 23.8 Å². The standard InChI is InChI=1S/C22H20N6O2/c1-15-6-2-3-7-18(15)24-22-26-19(25-21(23)27-22)14-30-20(29)16-8-10-17(11-9-16)28-12-4-5-13-28/h2-13H,14H2,1H3,(H3,23,24,25,26,27). The van der Waals surface area contributed by atoms with Crippen LogP contribution in [0.25, 0.3) is 5.69 Å². The van der Waals surface area contributed by atoms with Gasteiger partial charge in [0.05, 0.1) is 5.56 Å². The number of aryl methyl sites for hydroxylation is 1. The van der Waals surface area contributed by atoms with E-state index < -0.39 is 5.97 Å². The lowest BCUT2D eigenvalue weighted by Gasteiger charge is -2.10. The van der Waals surface area contributed by atoms with Crippen molar-refractivity contribution in [1.82, 2.24) is 19.5 Å². The van der Waals surface area contributed by atoms with Crippen LogP contribution in [0.2, 0.25) is 0 Å². The van der Waals surface area contributed by atoms with E-state index in [4.69, 9.17) is 10.5 Å². The number of hydrogen-bond acceptors (Lipinski definition) is 7. The Bertz CT molecular complexity index is 1160. The maximum Gasteiger partial charge on any atom is 0.338 e. The predicted molar refractivity (Wildman–Crippen MR) is 114 cm³/mol. The van der Waals surface area contributed by atoms with Crippen LogP contribution >= 0.6 is 0 Å². The fraction of sp³-hybridized carbons (Fsp3) is 0.0909. The highest BCUT2D eigenvalue weighted by molar-refractivity contribution is 5.89. The number of nitrogen functional groups attached to an aromatic ring is 1. The van der Waals surface area contributed by atoms with E-state index in [1.165, 1.54) is 0 Å². The number of nitrogens with zero attached hydrogens (tertiary/aromatic N) is 4. The summed E-state index contributed by atoms with van der Waals surface area (Å²) in [6, 6.07) is 18.7. The van der Waals surface area contributed by atoms with Gasteiger partial charge >= 0.3 is 5.97 Å². The van der Waals surface area contributed by atoms with Crippen molar-refractivity contribution in [2.45, 2.75) is 13.5 Å². The molecule has 4 rings (SSSR count). The van der Waals surface area contributed by atoms with Crippen LogP contribution in [-0.4, -0.2) is 25.5 Å². The van der Waals surface area contributed by atoms with Gasteiger partial charge in [-0.15, -0.1) is 0 Å². The van der Waals surface area contributed by atoms with E-state index in [0.717, 1.165) is 16.9 Å². The highest BCUT2D eigenvalue weighted by Crippen LogP contribution is 2.18. The first-order chi connectivity index (χ1) is 14.6. The Morgan fingerprint density at radius 1 is 1.00 bits per heavy atom. The Labute approximate surface area is 173 Å². The second-order valence-corrected chi connectivity index (χ2v) is 6.59. The molecule has 30 heavy (non-hydrogen) atoms. The van der Waals surface area contributed by atoms with Gasteiger partial charge in [-0.3, -0.25) is 0 Å². The van der Waals surface area contributed by atoms with E-state index in [2.05, 4.69) is 20.3 Å². The van der Waals surface area contributed by atoms with E-state index in [1.807, 2.05) is 72.4 Å². The van der Waals surface area contributed by atoms with Crippen molar-refractivity contribution in [3.63, 3.8) is 0 Å². The summed E-state index contributed by atoms with van der Waals surface area (Å²) in [5, 5.41) is 3.11. The molecule has 2 aromatic heterocycles. The van der Waals surface area contributed by atoms with Crippen LogP contribution in [0.1, 0.15) is 21.7 Å². The summed E-state index contributed by atoms with van der Waals surface area (Å²) >= 11 is 0. The Morgan fingerprint density at radius 2 is 1.73 bits per heavy atom. The lowest BCUT2D eigenvalue weighted by molar-refractivity contribution is 0.0462. The van der Waals surface area contributed by atoms with Gasteiger partial charge < -0.3 is 20.4 Å². The molecule has 0 saturated carbocycles. The summed E-state index contributed by atoms with van der Waals surface area (Å²) in [4.78, 5) is 24.8. The lowest BCUT2D eigenvalue weighted by Crippen LogP contribution is -2.11. The third kappa shape index (κ3) is 4.44. The number of carbonyl (C=O) groups is 1. The van der Waals surface area contributed by atoms with Crippen molar-refractivity contribution in [3.8, 4) is 5.69 Å². The number of nitrogens with two attached hydrogens (primary N) is 1. The molecular formula is C22H20N6O2. The molecule has 4 aromatic rings. The maximum atomic E-state index is 12.4. The number of aromatic nitrogens is 4. The largest absolute Gasteiger partial charge is 0.454 e. The van der Waals surface area contributed by atoms with Crippen molar-refractivity contribution in [3.05, 3.63) is 90.0 Å². The molecule has 0 aliphatic carbocycles. The second-order valence-electron chi connectivity index (χ2n) is 6.59. The zero-order valence-electron chi connectivity index (χ0n) is 16.3. The summed E-state index contributed by atoms with van der Waals surface area (Å²) in [7, 11) is 0. The van der Waals surface area contributed by atoms with Crippen LogP contribution in [0.4, 0.5) is 17.6 Å². The maximum absolute atomic E-state index is 12.4. The number of anilines is 3. The van der Waals surface area contributed by atoms with E-state index in [1.54, 1.807) is 12.1 Å². The lowest BCUT2D eigenvalue weighted by atomic mass is 10.2. The third-order valence-corrected chi connectivity index (χ3v) is 4.43. The molecule has 2 aromatic carbocycles. The van der Waals surface area contributed by atoms with Gasteiger partial charge in [0.25, 0.3) is 0 Å². The van der Waals surface area contributed by atoms with Crippen LogP contribution in [0.5, 0.6) is 0 Å². The molecular weight excluding hydrogens is 380 g/mol. The zero-order chi connectivity index (χ0) is 20.9. The summed E-state index contributed by atoms with van der Waals surface area (Å²) < 4.78 is 7.30. The minimum absolute atomic E-state index is 0.0446. The van der Waals surface area contributed by atoms with Crippen molar-refractivity contribution < 1.29 is 9.53 Å². The topological polar surface area (TPSA) is 108 Å². The number of rotatable bonds is 6. The molecule has 150 valence electrons. The first-order valence-corrected chi connectivity index (χ1v) is 9.32. The van der Waals surface area contributed by atoms with Crippen molar-refractivity contribution in [2.75, 3.05) is 11.1 Å². The number of esters is 1. The van der Waals surface area contributed by atoms with Crippen LogP contribution in [0.15, 0.2) is 73.1 Å². The molecule has 8 heteroatoms. The molecule has 8 nitrogen and oxygen atoms in total. The average Bonchev–Trinajstić information content (AvgIpc) is 3.28. The van der Waals surface area contributed by atoms with Gasteiger partial charge in [-0.05, 0) is 55.0 Å². The molecule has 0 radical (unpaired) electrons. The number of para-hydroxylation sites is 1. The van der Waals surface area contributed by atoms with E-state index >= 15 is 0 Å². The van der Waals surface area contributed by atoms with Crippen LogP contribution in [-0.2, 0) is 11.3 Å². The molecule has 2 heterocycles. The fourth-order valence-corrected chi connectivity index (χ4v) is 2.88. The molecule has 0 aliphatic heterocycles. The Balaban J connectivity index is 1.42. The Kier molecular flexibility index (Phi) is 5.38. The number of ether oxygens (including phenoxy) is 1. The number of nitrogens with one attached hydrogen (secondary N) is 1. The molecule has 0 fully saturated rings. The van der Waals surface area contributed by atoms with Gasteiger partial charge in [0.1, 0.15) is 0 Å². The van der Waals surface area contributed by atoms with Crippen LogP contribution in [0, 0.1) is 6.92 Å². The van der Waals surface area contributed by atoms with Crippen LogP contribution in [0.3, 0.4) is 0 Å². The molecule has 0 aliphatic rings. The summed E-state index contributed by atoms with van der Waals surface area (Å²) in [5.74, 6) is 0.125. The highest BCUT2D eigenvalue weighted by atomic mass is 16.5. The van der Waals surface area contributed by atoms with Crippen LogP contribution < -0.4 is 11.1 Å². The third-order valence-electron chi connectivity index (χ3n) is 4.43. The SMILES string of the molecule is Cc1ccccc1Nc1nc(N)nc(COC(=O)c2ccc(-n3cccc3)cc2)n1. The number of benzene rings is 2. The molecule has 0 unspecified atom stereocenters. The number of carbonyl (C=O) groups excluding carboxylic acids is 1. The zero-order valence-corrected chi connectivity index (χ0v) is 16.3. The molecule has 0 spiro atoms. The molecule has 0 amide bonds. The fourth-order valence-electron chi connectivity index (χ4n) is 2.88. The van der Waals surface area contributed by atoms with Crippen molar-refractivity contribution in [2.24, 2.45) is 0 Å². The molecule has 0 bridgehead atoms. The van der Waals surface area contributed by atoms with Gasteiger partial charge in [-0.1, -0.05) is 18.2 Å². The minimum atomic E-state index is -0.471. The van der Waals surface area contributed by atoms with E-state index in [-0.39, 0.29) is 18.4 Å². The first kappa shape index (κ1) is 19.1. The van der Waals surface area contributed by atoms with Crippen molar-refractivity contribution in [1.29, 1.82) is 0 Å². The van der Waals surface area contributed by atoms with E-state index in [0.29, 0.717) is 11.5 Å². The summed E-state index contributed by atoms with van der Waals surface area (Å²) in [6.45, 7) is 1.85. The Morgan fingerprint density at radius 3 is 2.47 bits per heavy atom. The average molecular weight is 400 g/mol. The molecule has 3 N–H and O–H groups in total. The first-order valence-electron chi connectivity index (χ1n) is 9.32. The van der Waals surface area contributed by atoms with Gasteiger partial charge in [0.15, 0.2) is 12.4 Å². The monoisotopic (exact) mass is 400 g/mol. The van der Waals surface area contributed by atoms with E-state index in [9.17, 15) is 4.79 Å². The normalized spacial score (nSPS) is 10.6. The van der Waals surface area contributed by atoms with Gasteiger partial charge in [-0.2, -0.15) is 15.0 Å². The smallest absolute Gasteiger partial charge is 0.338 e. The predicted octanol–water partition coefficient (Wildman–Crippen LogP) is 3.65. The van der Waals surface area contributed by atoms with Gasteiger partial charge in [-0.25, -0.2) is 4.79 Å². The Hall–Kier alpha value is -4.20. The quantitative estimate of drug-likeness (QED) is 0.476. The minimum Gasteiger partial charge on any atom is -0.454 e. The molecule has 0 saturated heterocycles. The molecule has 0 atom stereocenters. The second kappa shape index (κ2) is 8.44. The highest BCUT2D eigenvalue weighted by Gasteiger charge is 2.11.